The summed E-state index contributed by atoms with van der Waals surface area (Å²) >= 11 is 11.6. The molecule has 25 heavy (non-hydrogen) atoms. The molecule has 6 nitrogen and oxygen atoms in total. The van der Waals surface area contributed by atoms with Crippen LogP contribution in [0.5, 0.6) is 11.5 Å². The Morgan fingerprint density at radius 1 is 1.20 bits per heavy atom. The zero-order chi connectivity index (χ0) is 18.4. The van der Waals surface area contributed by atoms with Crippen LogP contribution >= 0.6 is 23.2 Å². The van der Waals surface area contributed by atoms with Crippen LogP contribution in [0.2, 0.25) is 10.0 Å². The lowest BCUT2D eigenvalue weighted by Crippen LogP contribution is -2.43. The van der Waals surface area contributed by atoms with E-state index in [-0.39, 0.29) is 22.9 Å². The largest absolute Gasteiger partial charge is 0.505 e. The molecule has 1 fully saturated rings. The molecule has 0 spiro atoms. The molecule has 1 atom stereocenters. The lowest BCUT2D eigenvalue weighted by molar-refractivity contribution is -0.114. The predicted octanol–water partition coefficient (Wildman–Crippen LogP) is 2.55. The molecule has 2 aromatic rings. The summed E-state index contributed by atoms with van der Waals surface area (Å²) in [6.45, 7) is 0. The lowest BCUT2D eigenvalue weighted by atomic mass is 10.0. The number of aromatic hydroxyl groups is 2. The second kappa shape index (κ2) is 6.13. The van der Waals surface area contributed by atoms with Gasteiger partial charge in [-0.3, -0.25) is 9.59 Å². The zero-order valence-corrected chi connectivity index (χ0v) is 14.6. The Morgan fingerprint density at radius 3 is 2.36 bits per heavy atom. The highest BCUT2D eigenvalue weighted by Gasteiger charge is 2.61. The molecule has 3 N–H and O–H groups in total. The average molecular weight is 381 g/mol. The second-order valence-electron chi connectivity index (χ2n) is 5.76. The number of hydrogen-bond donors (Lipinski definition) is 3. The van der Waals surface area contributed by atoms with E-state index in [1.54, 1.807) is 7.05 Å². The number of carbonyl (C=O) groups is 2. The van der Waals surface area contributed by atoms with Gasteiger partial charge in [0.2, 0.25) is 5.66 Å². The Hall–Kier alpha value is -2.44. The van der Waals surface area contributed by atoms with E-state index in [0.717, 1.165) is 11.6 Å². The van der Waals surface area contributed by atoms with Crippen LogP contribution in [-0.2, 0) is 11.2 Å². The molecule has 0 bridgehead atoms. The van der Waals surface area contributed by atoms with Crippen molar-refractivity contribution in [1.82, 2.24) is 10.2 Å². The highest BCUT2D eigenvalue weighted by atomic mass is 35.5. The fraction of sp³-hybridized carbons (Fsp3) is 0.176. The van der Waals surface area contributed by atoms with Gasteiger partial charge in [0.1, 0.15) is 5.02 Å². The topological polar surface area (TPSA) is 89.6 Å². The van der Waals surface area contributed by atoms with Crippen LogP contribution in [0.15, 0.2) is 36.4 Å². The molecule has 1 aliphatic rings. The van der Waals surface area contributed by atoms with Crippen LogP contribution in [0.1, 0.15) is 15.9 Å². The van der Waals surface area contributed by atoms with Gasteiger partial charge < -0.3 is 20.4 Å². The Bertz CT molecular complexity index is 873. The monoisotopic (exact) mass is 380 g/mol. The molecule has 2 aromatic carbocycles. The highest BCUT2D eigenvalue weighted by Crippen LogP contribution is 2.41. The third-order valence-electron chi connectivity index (χ3n) is 4.22. The fourth-order valence-electron chi connectivity index (χ4n) is 2.67. The summed E-state index contributed by atoms with van der Waals surface area (Å²) in [6, 6.07) is 10.3. The summed E-state index contributed by atoms with van der Waals surface area (Å²) in [5, 5.41) is 21.6. The van der Waals surface area contributed by atoms with Crippen LogP contribution in [0.4, 0.5) is 0 Å². The van der Waals surface area contributed by atoms with Gasteiger partial charge in [-0.25, -0.2) is 0 Å². The van der Waals surface area contributed by atoms with E-state index < -0.39 is 28.1 Å². The molecule has 2 amide bonds. The maximum absolute atomic E-state index is 12.6. The van der Waals surface area contributed by atoms with E-state index in [1.807, 2.05) is 30.3 Å². The number of hydrogen-bond acceptors (Lipinski definition) is 4. The SMILES string of the molecule is CN1C(=O)[C@@]1(Cc1ccccc1)NC(=O)c1cc(Cl)c(O)c(Cl)c1O. The summed E-state index contributed by atoms with van der Waals surface area (Å²) in [4.78, 5) is 26.1. The van der Waals surface area contributed by atoms with E-state index in [4.69, 9.17) is 23.2 Å². The van der Waals surface area contributed by atoms with E-state index >= 15 is 0 Å². The van der Waals surface area contributed by atoms with Gasteiger partial charge >= 0.3 is 0 Å². The molecular formula is C17H14Cl2N2O4. The number of likely N-dealkylation sites (N-methyl/N-ethyl adjacent to an activating group) is 1. The minimum Gasteiger partial charge on any atom is -0.505 e. The van der Waals surface area contributed by atoms with Crippen LogP contribution in [0, 0.1) is 0 Å². The molecular weight excluding hydrogens is 367 g/mol. The van der Waals surface area contributed by atoms with Crippen molar-refractivity contribution in [3.63, 3.8) is 0 Å². The first-order valence-corrected chi connectivity index (χ1v) is 8.08. The summed E-state index contributed by atoms with van der Waals surface area (Å²) in [6.07, 6.45) is 0.273. The number of phenolic OH excluding ortho intramolecular Hbond substituents is 2. The van der Waals surface area contributed by atoms with Crippen LogP contribution in [0.3, 0.4) is 0 Å². The van der Waals surface area contributed by atoms with Gasteiger partial charge in [0.15, 0.2) is 11.5 Å². The van der Waals surface area contributed by atoms with Gasteiger partial charge in [0, 0.05) is 13.5 Å². The second-order valence-corrected chi connectivity index (χ2v) is 6.54. The van der Waals surface area contributed by atoms with E-state index in [2.05, 4.69) is 5.32 Å². The van der Waals surface area contributed by atoms with Crippen molar-refractivity contribution < 1.29 is 19.8 Å². The molecule has 0 unspecified atom stereocenters. The number of halogens is 2. The molecule has 0 aliphatic carbocycles. The number of nitrogens with zero attached hydrogens (tertiary/aromatic N) is 1. The molecule has 1 heterocycles. The third-order valence-corrected chi connectivity index (χ3v) is 4.86. The minimum absolute atomic E-state index is 0.180. The normalized spacial score (nSPS) is 19.0. The van der Waals surface area contributed by atoms with Crippen molar-refractivity contribution in [2.24, 2.45) is 0 Å². The van der Waals surface area contributed by atoms with Crippen molar-refractivity contribution in [2.45, 2.75) is 12.1 Å². The lowest BCUT2D eigenvalue weighted by Gasteiger charge is -2.17. The summed E-state index contributed by atoms with van der Waals surface area (Å²) in [5.74, 6) is -2.10. The molecule has 0 aromatic heterocycles. The molecule has 8 heteroatoms. The van der Waals surface area contributed by atoms with Crippen molar-refractivity contribution in [3.05, 3.63) is 57.6 Å². The first-order valence-electron chi connectivity index (χ1n) is 7.32. The van der Waals surface area contributed by atoms with Crippen molar-refractivity contribution >= 4 is 35.0 Å². The highest BCUT2D eigenvalue weighted by molar-refractivity contribution is 6.38. The standard InChI is InChI=1S/C17H14Cl2N2O4/c1-21-16(25)17(21,8-9-5-3-2-4-6-9)20-15(24)10-7-11(18)14(23)12(19)13(10)22/h2-7,22-23H,8H2,1H3,(H,20,24)/t17-,21?/m0/s1. The van der Waals surface area contributed by atoms with Crippen LogP contribution < -0.4 is 5.32 Å². The smallest absolute Gasteiger partial charge is 0.271 e. The van der Waals surface area contributed by atoms with E-state index in [9.17, 15) is 19.8 Å². The Balaban J connectivity index is 1.90. The average Bonchev–Trinajstić information content (AvgIpc) is 3.09. The summed E-state index contributed by atoms with van der Waals surface area (Å²) in [5.41, 5.74) is -0.554. The van der Waals surface area contributed by atoms with Crippen molar-refractivity contribution in [1.29, 1.82) is 0 Å². The number of rotatable bonds is 4. The van der Waals surface area contributed by atoms with E-state index in [0.29, 0.717) is 0 Å². The van der Waals surface area contributed by atoms with E-state index in [1.165, 1.54) is 4.90 Å². The summed E-state index contributed by atoms with van der Waals surface area (Å²) < 4.78 is 0. The van der Waals surface area contributed by atoms with Gasteiger partial charge in [-0.1, -0.05) is 53.5 Å². The number of amides is 2. The zero-order valence-electron chi connectivity index (χ0n) is 13.1. The van der Waals surface area contributed by atoms with Gasteiger partial charge in [-0.15, -0.1) is 0 Å². The first kappa shape index (κ1) is 17.4. The number of phenols is 2. The summed E-state index contributed by atoms with van der Waals surface area (Å²) in [7, 11) is 1.57. The molecule has 0 saturated carbocycles. The van der Waals surface area contributed by atoms with Gasteiger partial charge in [0.05, 0.1) is 10.6 Å². The van der Waals surface area contributed by atoms with Gasteiger partial charge in [-0.05, 0) is 11.6 Å². The number of benzene rings is 2. The van der Waals surface area contributed by atoms with Gasteiger partial charge in [-0.2, -0.15) is 0 Å². The molecule has 1 aliphatic heterocycles. The Labute approximate surface area is 153 Å². The molecule has 3 rings (SSSR count). The van der Waals surface area contributed by atoms with Crippen LogP contribution in [-0.4, -0.2) is 39.6 Å². The Morgan fingerprint density at radius 2 is 1.80 bits per heavy atom. The number of carbonyl (C=O) groups excluding carboxylic acids is 2. The quantitative estimate of drug-likeness (QED) is 0.711. The minimum atomic E-state index is -1.19. The third kappa shape index (κ3) is 2.88. The molecule has 1 saturated heterocycles. The number of nitrogens with one attached hydrogen (secondary N) is 1. The fourth-order valence-corrected chi connectivity index (χ4v) is 3.13. The maximum atomic E-state index is 12.6. The molecule has 130 valence electrons. The van der Waals surface area contributed by atoms with Crippen LogP contribution in [0.25, 0.3) is 0 Å². The van der Waals surface area contributed by atoms with Crippen molar-refractivity contribution in [2.75, 3.05) is 7.05 Å². The Kier molecular flexibility index (Phi) is 4.26. The van der Waals surface area contributed by atoms with Gasteiger partial charge in [0.25, 0.3) is 11.8 Å². The van der Waals surface area contributed by atoms with Crippen molar-refractivity contribution in [3.8, 4) is 11.5 Å². The maximum Gasteiger partial charge on any atom is 0.271 e. The first-order chi connectivity index (χ1) is 11.8. The predicted molar refractivity (Wildman–Crippen MR) is 92.9 cm³/mol. The molecule has 0 radical (unpaired) electrons.